The summed E-state index contributed by atoms with van der Waals surface area (Å²) >= 11 is 0. The van der Waals surface area contributed by atoms with Crippen LogP contribution >= 0.6 is 0 Å². The van der Waals surface area contributed by atoms with Gasteiger partial charge in [0, 0.05) is 36.0 Å². The number of rotatable bonds is 3. The smallest absolute Gasteiger partial charge is 0.155 e. The van der Waals surface area contributed by atoms with Crippen LogP contribution in [0.2, 0.25) is 0 Å². The molecule has 1 aromatic carbocycles. The number of nitrogens with zero attached hydrogens (tertiary/aromatic N) is 1. The molecule has 0 heterocycles. The van der Waals surface area contributed by atoms with Crippen LogP contribution in [0.15, 0.2) is 35.9 Å². The number of benzene rings is 1. The lowest BCUT2D eigenvalue weighted by Crippen LogP contribution is -2.54. The van der Waals surface area contributed by atoms with Gasteiger partial charge >= 0.3 is 0 Å². The third-order valence-corrected chi connectivity index (χ3v) is 10.6. The van der Waals surface area contributed by atoms with E-state index in [1.54, 1.807) is 0 Å². The standard InChI is InChI=1S/C34H47NO2/c1-22(2)35(7)25-11-8-23(9-12-25)29-21-33(6)30(16-17-34(33,37)19-18-32(3,4)5)28-14-10-24-20-26(36)13-15-27(24)31(28)29/h8-9,11-12,20,22,27-31,37H,10,13-17,21H2,1-7H3/t27?,28?,29-,30+,31-,33+,34-/m1/s1. The van der Waals surface area contributed by atoms with Crippen molar-refractivity contribution in [2.24, 2.45) is 34.5 Å². The van der Waals surface area contributed by atoms with Crippen LogP contribution in [-0.4, -0.2) is 29.6 Å². The van der Waals surface area contributed by atoms with E-state index in [0.29, 0.717) is 47.8 Å². The molecule has 3 saturated carbocycles. The van der Waals surface area contributed by atoms with Crippen LogP contribution in [0.1, 0.15) is 98.0 Å². The Bertz CT molecular complexity index is 1130. The number of hydrogen-bond donors (Lipinski definition) is 1. The van der Waals surface area contributed by atoms with Crippen LogP contribution in [0.25, 0.3) is 0 Å². The Morgan fingerprint density at radius 1 is 1.05 bits per heavy atom. The maximum Gasteiger partial charge on any atom is 0.155 e. The summed E-state index contributed by atoms with van der Waals surface area (Å²) in [6.45, 7) is 13.2. The van der Waals surface area contributed by atoms with E-state index in [2.05, 4.69) is 89.6 Å². The number of aliphatic hydroxyl groups is 1. The molecule has 3 nitrogen and oxygen atoms in total. The summed E-state index contributed by atoms with van der Waals surface area (Å²) in [5, 5.41) is 12.2. The summed E-state index contributed by atoms with van der Waals surface area (Å²) in [4.78, 5) is 14.6. The van der Waals surface area contributed by atoms with E-state index < -0.39 is 5.60 Å². The normalized spacial score (nSPS) is 37.2. The zero-order chi connectivity index (χ0) is 26.8. The number of ketones is 1. The van der Waals surface area contributed by atoms with Gasteiger partial charge in [-0.15, -0.1) is 0 Å². The van der Waals surface area contributed by atoms with Crippen molar-refractivity contribution in [2.45, 2.75) is 104 Å². The monoisotopic (exact) mass is 501 g/mol. The van der Waals surface area contributed by atoms with Crippen LogP contribution in [0.5, 0.6) is 0 Å². The molecule has 1 N–H and O–H groups in total. The third-order valence-electron chi connectivity index (χ3n) is 10.6. The summed E-state index contributed by atoms with van der Waals surface area (Å²) in [6, 6.07) is 9.71. The number of carbonyl (C=O) groups is 1. The van der Waals surface area contributed by atoms with E-state index in [4.69, 9.17) is 0 Å². The van der Waals surface area contributed by atoms with Crippen molar-refractivity contribution in [1.29, 1.82) is 0 Å². The molecule has 0 spiro atoms. The van der Waals surface area contributed by atoms with Gasteiger partial charge in [-0.25, -0.2) is 0 Å². The molecule has 1 aromatic rings. The van der Waals surface area contributed by atoms with Crippen molar-refractivity contribution < 1.29 is 9.90 Å². The molecule has 200 valence electrons. The summed E-state index contributed by atoms with van der Waals surface area (Å²) < 4.78 is 0. The van der Waals surface area contributed by atoms with Gasteiger partial charge in [-0.3, -0.25) is 4.79 Å². The lowest BCUT2D eigenvalue weighted by atomic mass is 9.46. The van der Waals surface area contributed by atoms with Crippen molar-refractivity contribution in [3.05, 3.63) is 41.5 Å². The number of hydrogen-bond acceptors (Lipinski definition) is 3. The maximum atomic E-state index is 12.3. The Labute approximate surface area is 225 Å². The zero-order valence-corrected chi connectivity index (χ0v) is 24.1. The van der Waals surface area contributed by atoms with Crippen LogP contribution < -0.4 is 4.90 Å². The van der Waals surface area contributed by atoms with Crippen LogP contribution in [0.4, 0.5) is 5.69 Å². The maximum absolute atomic E-state index is 12.3. The topological polar surface area (TPSA) is 40.5 Å². The molecule has 4 aliphatic carbocycles. The highest BCUT2D eigenvalue weighted by Crippen LogP contribution is 2.68. The highest BCUT2D eigenvalue weighted by atomic mass is 16.3. The van der Waals surface area contributed by atoms with Gasteiger partial charge in [-0.05, 0) is 127 Å². The largest absolute Gasteiger partial charge is 0.377 e. The molecule has 0 amide bonds. The summed E-state index contributed by atoms with van der Waals surface area (Å²) in [5.41, 5.74) is 2.75. The van der Waals surface area contributed by atoms with Crippen molar-refractivity contribution in [3.8, 4) is 11.8 Å². The molecule has 7 atom stereocenters. The molecule has 3 heteroatoms. The van der Waals surface area contributed by atoms with E-state index >= 15 is 0 Å². The van der Waals surface area contributed by atoms with Crippen molar-refractivity contribution in [3.63, 3.8) is 0 Å². The average molecular weight is 502 g/mol. The SMILES string of the molecule is CC(C)N(C)c1ccc([C@H]2C[C@@]3(C)[C@@H](CC[C@@]3(O)C#CC(C)(C)C)C3CCC4=CC(=O)CCC4[C@H]32)cc1. The Balaban J connectivity index is 1.57. The molecule has 0 radical (unpaired) electrons. The molecule has 0 saturated heterocycles. The van der Waals surface area contributed by atoms with E-state index in [0.717, 1.165) is 38.5 Å². The zero-order valence-electron chi connectivity index (χ0n) is 24.1. The second-order valence-corrected chi connectivity index (χ2v) is 14.1. The van der Waals surface area contributed by atoms with Gasteiger partial charge in [0.15, 0.2) is 5.78 Å². The Hall–Kier alpha value is -2.05. The van der Waals surface area contributed by atoms with E-state index in [9.17, 15) is 9.90 Å². The van der Waals surface area contributed by atoms with Crippen LogP contribution in [0.3, 0.4) is 0 Å². The number of fused-ring (bicyclic) bond motifs is 5. The third kappa shape index (κ3) is 4.58. The second kappa shape index (κ2) is 9.30. The van der Waals surface area contributed by atoms with E-state index in [-0.39, 0.29) is 10.8 Å². The van der Waals surface area contributed by atoms with Gasteiger partial charge in [0.25, 0.3) is 0 Å². The molecule has 5 rings (SSSR count). The summed E-state index contributed by atoms with van der Waals surface area (Å²) in [5.74, 6) is 9.64. The van der Waals surface area contributed by atoms with Crippen LogP contribution in [0, 0.1) is 46.3 Å². The molecule has 37 heavy (non-hydrogen) atoms. The minimum absolute atomic E-state index is 0.127. The first-order valence-electron chi connectivity index (χ1n) is 14.7. The van der Waals surface area contributed by atoms with Gasteiger partial charge in [-0.1, -0.05) is 36.5 Å². The Morgan fingerprint density at radius 2 is 1.76 bits per heavy atom. The first-order valence-corrected chi connectivity index (χ1v) is 14.7. The van der Waals surface area contributed by atoms with Crippen molar-refractivity contribution >= 4 is 11.5 Å². The number of anilines is 1. The first-order chi connectivity index (χ1) is 17.3. The highest BCUT2D eigenvalue weighted by Gasteiger charge is 2.64. The van der Waals surface area contributed by atoms with Crippen molar-refractivity contribution in [1.82, 2.24) is 0 Å². The highest BCUT2D eigenvalue weighted by molar-refractivity contribution is 5.91. The quantitative estimate of drug-likeness (QED) is 0.447. The first kappa shape index (κ1) is 26.6. The summed E-state index contributed by atoms with van der Waals surface area (Å²) in [7, 11) is 2.16. The lowest BCUT2D eigenvalue weighted by Gasteiger charge is -2.58. The van der Waals surface area contributed by atoms with Gasteiger partial charge < -0.3 is 10.0 Å². The predicted molar refractivity (Wildman–Crippen MR) is 152 cm³/mol. The molecular formula is C34H47NO2. The molecule has 0 aromatic heterocycles. The van der Waals surface area contributed by atoms with Gasteiger partial charge in [0.1, 0.15) is 5.60 Å². The van der Waals surface area contributed by atoms with E-state index in [1.807, 2.05) is 6.08 Å². The van der Waals surface area contributed by atoms with E-state index in [1.165, 1.54) is 16.8 Å². The number of carbonyl (C=O) groups excluding carboxylic acids is 1. The second-order valence-electron chi connectivity index (χ2n) is 14.1. The minimum Gasteiger partial charge on any atom is -0.377 e. The number of allylic oxidation sites excluding steroid dienone is 1. The minimum atomic E-state index is -0.940. The molecule has 2 unspecified atom stereocenters. The summed E-state index contributed by atoms with van der Waals surface area (Å²) in [6.07, 6.45) is 8.65. The van der Waals surface area contributed by atoms with Gasteiger partial charge in [-0.2, -0.15) is 0 Å². The van der Waals surface area contributed by atoms with Gasteiger partial charge in [0.2, 0.25) is 0 Å². The molecule has 3 fully saturated rings. The predicted octanol–water partition coefficient (Wildman–Crippen LogP) is 7.15. The van der Waals surface area contributed by atoms with Crippen molar-refractivity contribution in [2.75, 3.05) is 11.9 Å². The van der Waals surface area contributed by atoms with Crippen LogP contribution in [-0.2, 0) is 4.79 Å². The molecule has 4 aliphatic rings. The fraction of sp³-hybridized carbons (Fsp3) is 0.676. The fourth-order valence-corrected chi connectivity index (χ4v) is 8.40. The molecule has 0 bridgehead atoms. The Kier molecular flexibility index (Phi) is 6.68. The average Bonchev–Trinajstić information content (AvgIpc) is 3.11. The Morgan fingerprint density at radius 3 is 2.41 bits per heavy atom. The lowest BCUT2D eigenvalue weighted by molar-refractivity contribution is -0.117. The molecular weight excluding hydrogens is 454 g/mol. The van der Waals surface area contributed by atoms with Gasteiger partial charge in [0.05, 0.1) is 0 Å². The fourth-order valence-electron chi connectivity index (χ4n) is 8.40. The molecule has 0 aliphatic heterocycles.